The van der Waals surface area contributed by atoms with E-state index in [1.54, 1.807) is 40.1 Å². The molecule has 0 radical (unpaired) electrons. The summed E-state index contributed by atoms with van der Waals surface area (Å²) in [5.74, 6) is -0.149. The van der Waals surface area contributed by atoms with Gasteiger partial charge in [-0.2, -0.15) is 10.2 Å². The van der Waals surface area contributed by atoms with E-state index >= 15 is 0 Å². The SMILES string of the molecule is CC(C)c1c(C(=O)N[C@@H]2C[C@H](O)[C@H]2n2cccn2)cnn1-c1ccccc1Cl. The average molecular weight is 400 g/mol. The van der Waals surface area contributed by atoms with Crippen molar-refractivity contribution < 1.29 is 9.90 Å². The van der Waals surface area contributed by atoms with Gasteiger partial charge in [-0.05, 0) is 30.5 Å². The predicted molar refractivity (Wildman–Crippen MR) is 106 cm³/mol. The first-order valence-electron chi connectivity index (χ1n) is 9.28. The maximum atomic E-state index is 13.0. The van der Waals surface area contributed by atoms with E-state index in [1.165, 1.54) is 0 Å². The van der Waals surface area contributed by atoms with E-state index in [0.29, 0.717) is 17.0 Å². The van der Waals surface area contributed by atoms with Crippen LogP contribution in [0.1, 0.15) is 48.3 Å². The fourth-order valence-corrected chi connectivity index (χ4v) is 3.94. The Bertz CT molecular complexity index is 982. The number of aliphatic hydroxyl groups is 1. The molecule has 2 heterocycles. The van der Waals surface area contributed by atoms with Gasteiger partial charge in [-0.25, -0.2) is 4.68 Å². The molecule has 0 unspecified atom stereocenters. The van der Waals surface area contributed by atoms with Gasteiger partial charge in [0.25, 0.3) is 5.91 Å². The van der Waals surface area contributed by atoms with Crippen LogP contribution < -0.4 is 5.32 Å². The summed E-state index contributed by atoms with van der Waals surface area (Å²) < 4.78 is 3.41. The number of rotatable bonds is 5. The third-order valence-corrected chi connectivity index (χ3v) is 5.45. The van der Waals surface area contributed by atoms with Crippen LogP contribution in [0.2, 0.25) is 5.02 Å². The first-order chi connectivity index (χ1) is 13.5. The number of para-hydroxylation sites is 1. The average Bonchev–Trinajstić information content (AvgIpc) is 3.31. The molecular formula is C20H22ClN5O2. The molecule has 28 heavy (non-hydrogen) atoms. The molecule has 0 aliphatic heterocycles. The zero-order valence-electron chi connectivity index (χ0n) is 15.7. The van der Waals surface area contributed by atoms with Crippen molar-refractivity contribution in [1.82, 2.24) is 24.9 Å². The molecule has 0 bridgehead atoms. The Morgan fingerprint density at radius 1 is 1.29 bits per heavy atom. The van der Waals surface area contributed by atoms with Crippen molar-refractivity contribution in [3.8, 4) is 5.69 Å². The van der Waals surface area contributed by atoms with Crippen LogP contribution in [0.5, 0.6) is 0 Å². The zero-order chi connectivity index (χ0) is 19.8. The Morgan fingerprint density at radius 2 is 2.07 bits per heavy atom. The van der Waals surface area contributed by atoms with Gasteiger partial charge in [0, 0.05) is 12.4 Å². The van der Waals surface area contributed by atoms with Crippen LogP contribution in [0.4, 0.5) is 0 Å². The summed E-state index contributed by atoms with van der Waals surface area (Å²) in [5.41, 5.74) is 2.04. The predicted octanol–water partition coefficient (Wildman–Crippen LogP) is 2.95. The number of benzene rings is 1. The van der Waals surface area contributed by atoms with Crippen molar-refractivity contribution in [3.63, 3.8) is 0 Å². The van der Waals surface area contributed by atoms with Crippen molar-refractivity contribution in [2.24, 2.45) is 0 Å². The minimum absolute atomic E-state index is 0.0633. The lowest BCUT2D eigenvalue weighted by Crippen LogP contribution is -2.56. The summed E-state index contributed by atoms with van der Waals surface area (Å²) in [6.07, 6.45) is 4.99. The van der Waals surface area contributed by atoms with Crippen LogP contribution in [0.15, 0.2) is 48.9 Å². The number of halogens is 1. The molecule has 3 aromatic rings. The van der Waals surface area contributed by atoms with Gasteiger partial charge >= 0.3 is 0 Å². The molecule has 1 aliphatic rings. The van der Waals surface area contributed by atoms with E-state index < -0.39 is 6.10 Å². The molecule has 1 aromatic carbocycles. The van der Waals surface area contributed by atoms with Crippen molar-refractivity contribution in [1.29, 1.82) is 0 Å². The van der Waals surface area contributed by atoms with Gasteiger partial charge in [0.1, 0.15) is 0 Å². The quantitative estimate of drug-likeness (QED) is 0.690. The summed E-state index contributed by atoms with van der Waals surface area (Å²) in [5, 5.41) is 22.3. The fraction of sp³-hybridized carbons (Fsp3) is 0.350. The fourth-order valence-electron chi connectivity index (χ4n) is 3.72. The van der Waals surface area contributed by atoms with Crippen LogP contribution in [-0.2, 0) is 0 Å². The van der Waals surface area contributed by atoms with Crippen molar-refractivity contribution in [2.45, 2.75) is 44.4 Å². The lowest BCUT2D eigenvalue weighted by atomic mass is 9.83. The van der Waals surface area contributed by atoms with E-state index in [2.05, 4.69) is 15.5 Å². The minimum Gasteiger partial charge on any atom is -0.391 e. The molecule has 1 saturated carbocycles. The number of hydrogen-bond donors (Lipinski definition) is 2. The highest BCUT2D eigenvalue weighted by Gasteiger charge is 2.43. The van der Waals surface area contributed by atoms with Crippen molar-refractivity contribution >= 4 is 17.5 Å². The summed E-state index contributed by atoms with van der Waals surface area (Å²) in [6.45, 7) is 4.03. The number of carbonyl (C=O) groups is 1. The van der Waals surface area contributed by atoms with Gasteiger partial charge in [-0.15, -0.1) is 0 Å². The number of nitrogens with one attached hydrogen (secondary N) is 1. The van der Waals surface area contributed by atoms with Gasteiger partial charge < -0.3 is 10.4 Å². The minimum atomic E-state index is -0.527. The number of aromatic nitrogens is 4. The second-order valence-corrected chi connectivity index (χ2v) is 7.73. The highest BCUT2D eigenvalue weighted by molar-refractivity contribution is 6.32. The lowest BCUT2D eigenvalue weighted by molar-refractivity contribution is -0.00590. The number of amides is 1. The maximum absolute atomic E-state index is 13.0. The number of nitrogens with zero attached hydrogens (tertiary/aromatic N) is 4. The van der Waals surface area contributed by atoms with Crippen LogP contribution in [-0.4, -0.2) is 42.7 Å². The standard InChI is InChI=1S/C20H22ClN5O2/c1-12(2)18-13(11-23-26(18)16-7-4-3-6-14(16)21)20(28)24-15-10-17(27)19(15)25-9-5-8-22-25/h3-9,11-12,15,17,19,27H,10H2,1-2H3,(H,24,28)/t15-,17+,19+/m1/s1. The van der Waals surface area contributed by atoms with Gasteiger partial charge in [-0.1, -0.05) is 37.6 Å². The van der Waals surface area contributed by atoms with E-state index in [-0.39, 0.29) is 23.9 Å². The monoisotopic (exact) mass is 399 g/mol. The smallest absolute Gasteiger partial charge is 0.255 e. The molecule has 2 aromatic heterocycles. The molecule has 146 valence electrons. The second kappa shape index (κ2) is 7.41. The molecule has 2 N–H and O–H groups in total. The second-order valence-electron chi connectivity index (χ2n) is 7.32. The molecule has 8 heteroatoms. The largest absolute Gasteiger partial charge is 0.391 e. The summed E-state index contributed by atoms with van der Waals surface area (Å²) in [4.78, 5) is 13.0. The summed E-state index contributed by atoms with van der Waals surface area (Å²) >= 11 is 6.33. The van der Waals surface area contributed by atoms with Gasteiger partial charge in [-0.3, -0.25) is 9.48 Å². The highest BCUT2D eigenvalue weighted by atomic mass is 35.5. The molecule has 3 atom stereocenters. The molecule has 0 spiro atoms. The van der Waals surface area contributed by atoms with E-state index in [0.717, 1.165) is 11.4 Å². The van der Waals surface area contributed by atoms with Crippen LogP contribution in [0, 0.1) is 0 Å². The molecule has 1 fully saturated rings. The molecule has 1 aliphatic carbocycles. The zero-order valence-corrected chi connectivity index (χ0v) is 16.4. The maximum Gasteiger partial charge on any atom is 0.255 e. The Balaban J connectivity index is 1.61. The lowest BCUT2D eigenvalue weighted by Gasteiger charge is -2.41. The Labute approximate surface area is 167 Å². The third-order valence-electron chi connectivity index (χ3n) is 5.13. The number of carbonyl (C=O) groups excluding carboxylic acids is 1. The van der Waals surface area contributed by atoms with E-state index in [9.17, 15) is 9.90 Å². The Hall–Kier alpha value is -2.64. The van der Waals surface area contributed by atoms with Gasteiger partial charge in [0.05, 0.1) is 46.4 Å². The normalized spacial score (nSPS) is 21.5. The number of hydrogen-bond acceptors (Lipinski definition) is 4. The Morgan fingerprint density at radius 3 is 2.71 bits per heavy atom. The Kier molecular flexibility index (Phi) is 4.95. The van der Waals surface area contributed by atoms with Gasteiger partial charge in [0.15, 0.2) is 0 Å². The van der Waals surface area contributed by atoms with Crippen molar-refractivity contribution in [2.75, 3.05) is 0 Å². The molecule has 7 nitrogen and oxygen atoms in total. The molecule has 4 rings (SSSR count). The van der Waals surface area contributed by atoms with E-state index in [4.69, 9.17) is 11.6 Å². The summed E-state index contributed by atoms with van der Waals surface area (Å²) in [7, 11) is 0. The molecular weight excluding hydrogens is 378 g/mol. The topological polar surface area (TPSA) is 85.0 Å². The highest BCUT2D eigenvalue weighted by Crippen LogP contribution is 2.33. The van der Waals surface area contributed by atoms with Crippen molar-refractivity contribution in [3.05, 3.63) is 65.2 Å². The van der Waals surface area contributed by atoms with Gasteiger partial charge in [0.2, 0.25) is 0 Å². The summed E-state index contributed by atoms with van der Waals surface area (Å²) in [6, 6.07) is 8.76. The van der Waals surface area contributed by atoms with Crippen LogP contribution in [0.25, 0.3) is 5.69 Å². The van der Waals surface area contributed by atoms with Crippen LogP contribution >= 0.6 is 11.6 Å². The molecule has 0 saturated heterocycles. The molecule has 1 amide bonds. The first kappa shape index (κ1) is 18.7. The first-order valence-corrected chi connectivity index (χ1v) is 9.66. The van der Waals surface area contributed by atoms with Crippen LogP contribution in [0.3, 0.4) is 0 Å². The third kappa shape index (κ3) is 3.21. The number of aliphatic hydroxyl groups excluding tert-OH is 1. The van der Waals surface area contributed by atoms with E-state index in [1.807, 2.05) is 32.0 Å².